The maximum atomic E-state index is 12.4. The Hall–Kier alpha value is -1.63. The molecule has 0 aliphatic rings. The summed E-state index contributed by atoms with van der Waals surface area (Å²) in [4.78, 5) is 35.7. The normalized spacial score (nSPS) is 12.4. The Morgan fingerprint density at radius 2 is 1.77 bits per heavy atom. The van der Waals surface area contributed by atoms with Gasteiger partial charge in [-0.2, -0.15) is 0 Å². The second-order valence-electron chi connectivity index (χ2n) is 6.69. The molecule has 0 unspecified atom stereocenters. The molecule has 0 saturated heterocycles. The van der Waals surface area contributed by atoms with Gasteiger partial charge in [0.1, 0.15) is 12.0 Å². The molecule has 0 heterocycles. The molecule has 0 amide bonds. The van der Waals surface area contributed by atoms with Gasteiger partial charge in [-0.15, -0.1) is 0 Å². The highest BCUT2D eigenvalue weighted by molar-refractivity contribution is 6.42. The van der Waals surface area contributed by atoms with Crippen LogP contribution in [-0.2, 0) is 30.3 Å². The monoisotopic (exact) mass is 403 g/mol. The molecule has 0 aliphatic carbocycles. The smallest absolute Gasteiger partial charge is 0.320 e. The first-order valence-electron chi connectivity index (χ1n) is 8.00. The van der Waals surface area contributed by atoms with E-state index in [1.165, 1.54) is 7.11 Å². The number of hydrogen-bond donors (Lipinski definition) is 1. The van der Waals surface area contributed by atoms with Crippen LogP contribution >= 0.6 is 23.2 Å². The number of esters is 2. The standard InChI is InChI=1S/C18H23Cl2NO5/c1-18(2,3)26-17(24)10-21-14(15(22)9-16(23)25-4)8-11-5-6-12(19)13(20)7-11/h5-7,14,21H,8-10H2,1-4H3/t14-/m1/s1. The van der Waals surface area contributed by atoms with Crippen LogP contribution < -0.4 is 5.32 Å². The van der Waals surface area contributed by atoms with Crippen molar-refractivity contribution in [1.29, 1.82) is 0 Å². The molecule has 26 heavy (non-hydrogen) atoms. The zero-order valence-electron chi connectivity index (χ0n) is 15.2. The number of ether oxygens (including phenoxy) is 2. The van der Waals surface area contributed by atoms with Crippen molar-refractivity contribution >= 4 is 40.9 Å². The molecule has 1 rings (SSSR count). The van der Waals surface area contributed by atoms with Crippen molar-refractivity contribution in [2.75, 3.05) is 13.7 Å². The minimum absolute atomic E-state index is 0.170. The minimum Gasteiger partial charge on any atom is -0.469 e. The Morgan fingerprint density at radius 3 is 2.31 bits per heavy atom. The van der Waals surface area contributed by atoms with E-state index in [9.17, 15) is 14.4 Å². The summed E-state index contributed by atoms with van der Waals surface area (Å²) in [5, 5.41) is 3.60. The Kier molecular flexibility index (Phi) is 8.53. The van der Waals surface area contributed by atoms with E-state index in [1.807, 2.05) is 0 Å². The van der Waals surface area contributed by atoms with Gasteiger partial charge in [0.15, 0.2) is 5.78 Å². The van der Waals surface area contributed by atoms with Crippen LogP contribution in [-0.4, -0.2) is 43.0 Å². The molecule has 1 aromatic rings. The van der Waals surface area contributed by atoms with Crippen molar-refractivity contribution in [2.45, 2.75) is 45.3 Å². The van der Waals surface area contributed by atoms with Crippen molar-refractivity contribution in [3.8, 4) is 0 Å². The number of halogens is 2. The third kappa shape index (κ3) is 8.17. The molecule has 0 aliphatic heterocycles. The molecule has 1 N–H and O–H groups in total. The van der Waals surface area contributed by atoms with Gasteiger partial charge < -0.3 is 9.47 Å². The number of methoxy groups -OCH3 is 1. The molecule has 0 spiro atoms. The zero-order valence-corrected chi connectivity index (χ0v) is 16.7. The van der Waals surface area contributed by atoms with Gasteiger partial charge in [-0.1, -0.05) is 29.3 Å². The van der Waals surface area contributed by atoms with Crippen molar-refractivity contribution in [3.05, 3.63) is 33.8 Å². The predicted octanol–water partition coefficient (Wildman–Crippen LogP) is 2.97. The molecule has 0 saturated carbocycles. The van der Waals surface area contributed by atoms with Crippen LogP contribution in [0.5, 0.6) is 0 Å². The summed E-state index contributed by atoms with van der Waals surface area (Å²) in [6.45, 7) is 5.08. The third-order valence-electron chi connectivity index (χ3n) is 3.27. The summed E-state index contributed by atoms with van der Waals surface area (Å²) < 4.78 is 9.74. The van der Waals surface area contributed by atoms with Crippen molar-refractivity contribution in [2.24, 2.45) is 0 Å². The van der Waals surface area contributed by atoms with Crippen molar-refractivity contribution in [1.82, 2.24) is 5.32 Å². The summed E-state index contributed by atoms with van der Waals surface area (Å²) in [5.41, 5.74) is 0.105. The molecule has 8 heteroatoms. The van der Waals surface area contributed by atoms with Gasteiger partial charge in [0.25, 0.3) is 0 Å². The topological polar surface area (TPSA) is 81.7 Å². The summed E-state index contributed by atoms with van der Waals surface area (Å²) >= 11 is 11.9. The molecule has 6 nitrogen and oxygen atoms in total. The second kappa shape index (κ2) is 9.90. The SMILES string of the molecule is COC(=O)CC(=O)[C@@H](Cc1ccc(Cl)c(Cl)c1)NCC(=O)OC(C)(C)C. The summed E-state index contributed by atoms with van der Waals surface area (Å²) in [5.74, 6) is -1.54. The van der Waals surface area contributed by atoms with E-state index in [2.05, 4.69) is 10.1 Å². The second-order valence-corrected chi connectivity index (χ2v) is 7.51. The number of nitrogens with one attached hydrogen (secondary N) is 1. The van der Waals surface area contributed by atoms with Crippen molar-refractivity contribution in [3.63, 3.8) is 0 Å². The molecule has 0 aromatic heterocycles. The van der Waals surface area contributed by atoms with Crippen molar-refractivity contribution < 1.29 is 23.9 Å². The lowest BCUT2D eigenvalue weighted by atomic mass is 10.0. The fraction of sp³-hybridized carbons (Fsp3) is 0.500. The zero-order chi connectivity index (χ0) is 19.9. The maximum absolute atomic E-state index is 12.4. The Morgan fingerprint density at radius 1 is 1.12 bits per heavy atom. The molecular weight excluding hydrogens is 381 g/mol. The lowest BCUT2D eigenvalue weighted by molar-refractivity contribution is -0.153. The maximum Gasteiger partial charge on any atom is 0.320 e. The fourth-order valence-electron chi connectivity index (χ4n) is 2.12. The first-order valence-corrected chi connectivity index (χ1v) is 8.76. The molecule has 0 radical (unpaired) electrons. The molecule has 1 aromatic carbocycles. The minimum atomic E-state index is -0.779. The quantitative estimate of drug-likeness (QED) is 0.530. The molecule has 0 bridgehead atoms. The highest BCUT2D eigenvalue weighted by Crippen LogP contribution is 2.23. The lowest BCUT2D eigenvalue weighted by Crippen LogP contribution is -2.43. The van der Waals surface area contributed by atoms with Crippen LogP contribution in [0.25, 0.3) is 0 Å². The van der Waals surface area contributed by atoms with E-state index in [-0.39, 0.29) is 13.0 Å². The number of carbonyl (C=O) groups is 3. The van der Waals surface area contributed by atoms with E-state index >= 15 is 0 Å². The molecule has 1 atom stereocenters. The fourth-order valence-corrected chi connectivity index (χ4v) is 2.44. The first-order chi connectivity index (χ1) is 12.0. The van der Waals surface area contributed by atoms with Gasteiger partial charge in [0.2, 0.25) is 0 Å². The van der Waals surface area contributed by atoms with E-state index in [0.29, 0.717) is 10.0 Å². The van der Waals surface area contributed by atoms with Crippen LogP contribution in [0.15, 0.2) is 18.2 Å². The van der Waals surface area contributed by atoms with E-state index in [4.69, 9.17) is 27.9 Å². The summed E-state index contributed by atoms with van der Waals surface area (Å²) in [7, 11) is 1.21. The molecular formula is C18H23Cl2NO5. The molecule has 0 fully saturated rings. The van der Waals surface area contributed by atoms with Gasteiger partial charge >= 0.3 is 11.9 Å². The lowest BCUT2D eigenvalue weighted by Gasteiger charge is -2.22. The van der Waals surface area contributed by atoms with E-state index in [1.54, 1.807) is 39.0 Å². The van der Waals surface area contributed by atoms with E-state index < -0.39 is 35.8 Å². The molecule has 144 valence electrons. The number of ketones is 1. The summed E-state index contributed by atoms with van der Waals surface area (Å²) in [6.07, 6.45) is -0.167. The van der Waals surface area contributed by atoms with Crippen LogP contribution in [0, 0.1) is 0 Å². The van der Waals surface area contributed by atoms with Gasteiger partial charge in [0, 0.05) is 0 Å². The van der Waals surface area contributed by atoms with Crippen LogP contribution in [0.4, 0.5) is 0 Å². The van der Waals surface area contributed by atoms with Gasteiger partial charge in [-0.05, 0) is 44.9 Å². The first kappa shape index (κ1) is 22.4. The van der Waals surface area contributed by atoms with Crippen LogP contribution in [0.3, 0.4) is 0 Å². The highest BCUT2D eigenvalue weighted by atomic mass is 35.5. The highest BCUT2D eigenvalue weighted by Gasteiger charge is 2.24. The third-order valence-corrected chi connectivity index (χ3v) is 4.01. The Bertz CT molecular complexity index is 670. The largest absolute Gasteiger partial charge is 0.469 e. The predicted molar refractivity (Wildman–Crippen MR) is 99.4 cm³/mol. The number of hydrogen-bond acceptors (Lipinski definition) is 6. The van der Waals surface area contributed by atoms with Gasteiger partial charge in [-0.25, -0.2) is 0 Å². The number of benzene rings is 1. The Labute approximate surface area is 163 Å². The number of carbonyl (C=O) groups excluding carboxylic acids is 3. The number of rotatable bonds is 8. The number of Topliss-reactive ketones (excluding diaryl/α,β-unsaturated/α-hetero) is 1. The average molecular weight is 404 g/mol. The van der Waals surface area contributed by atoms with Gasteiger partial charge in [-0.3, -0.25) is 19.7 Å². The van der Waals surface area contributed by atoms with E-state index in [0.717, 1.165) is 5.56 Å². The van der Waals surface area contributed by atoms with Gasteiger partial charge in [0.05, 0.1) is 29.7 Å². The van der Waals surface area contributed by atoms with Crippen LogP contribution in [0.2, 0.25) is 10.0 Å². The summed E-state index contributed by atoms with van der Waals surface area (Å²) in [6, 6.07) is 4.20. The Balaban J connectivity index is 2.84. The average Bonchev–Trinajstić information content (AvgIpc) is 2.52. The van der Waals surface area contributed by atoms with Crippen LogP contribution in [0.1, 0.15) is 32.8 Å².